The zero-order valence-electron chi connectivity index (χ0n) is 12.7. The van der Waals surface area contributed by atoms with Gasteiger partial charge in [0.2, 0.25) is 5.91 Å². The molecule has 3 heterocycles. The van der Waals surface area contributed by atoms with Crippen molar-refractivity contribution < 1.29 is 9.53 Å². The van der Waals surface area contributed by atoms with Crippen LogP contribution in [0.2, 0.25) is 0 Å². The van der Waals surface area contributed by atoms with E-state index in [0.29, 0.717) is 42.5 Å². The molecule has 1 atom stereocenters. The predicted molar refractivity (Wildman–Crippen MR) is 86.6 cm³/mol. The third-order valence-electron chi connectivity index (χ3n) is 3.77. The van der Waals surface area contributed by atoms with Crippen molar-refractivity contribution in [2.75, 3.05) is 32.1 Å². The number of fused-ring (bicyclic) bond motifs is 1. The molecule has 1 aromatic heterocycles. The van der Waals surface area contributed by atoms with Crippen molar-refractivity contribution in [2.45, 2.75) is 28.6 Å². The minimum Gasteiger partial charge on any atom is -0.378 e. The van der Waals surface area contributed by atoms with Gasteiger partial charge in [-0.05, 0) is 0 Å². The van der Waals surface area contributed by atoms with Crippen LogP contribution in [0.3, 0.4) is 0 Å². The molecular weight excluding hydrogens is 322 g/mol. The van der Waals surface area contributed by atoms with Crippen LogP contribution >= 0.6 is 23.5 Å². The van der Waals surface area contributed by atoms with Crippen molar-refractivity contribution >= 4 is 29.4 Å². The van der Waals surface area contributed by atoms with E-state index in [4.69, 9.17) is 4.74 Å². The molecule has 2 aliphatic heterocycles. The van der Waals surface area contributed by atoms with E-state index in [-0.39, 0.29) is 11.5 Å². The first kappa shape index (κ1) is 15.9. The molecule has 0 spiro atoms. The van der Waals surface area contributed by atoms with Gasteiger partial charge < -0.3 is 9.64 Å². The van der Waals surface area contributed by atoms with Gasteiger partial charge >= 0.3 is 0 Å². The number of hydrogen-bond donors (Lipinski definition) is 0. The summed E-state index contributed by atoms with van der Waals surface area (Å²) < 4.78 is 6.80. The maximum atomic E-state index is 12.4. The van der Waals surface area contributed by atoms with E-state index in [0.717, 1.165) is 17.0 Å². The largest absolute Gasteiger partial charge is 0.378 e. The number of amides is 1. The minimum atomic E-state index is 0.000622. The Morgan fingerprint density at radius 2 is 2.18 bits per heavy atom. The molecule has 0 N–H and O–H groups in total. The van der Waals surface area contributed by atoms with Crippen LogP contribution in [0.4, 0.5) is 0 Å². The standard InChI is InChI=1S/C14H19N3O3S2/c1-9-7-10-12(22-9)13(19)16(2)14(15-10)21-8-11(18)17-3-5-20-6-4-17/h9H,3-8H2,1-2H3/t9-/m1/s1. The molecule has 1 aromatic rings. The second kappa shape index (κ2) is 6.64. The molecule has 0 saturated carbocycles. The van der Waals surface area contributed by atoms with Crippen molar-refractivity contribution in [1.29, 1.82) is 0 Å². The average Bonchev–Trinajstić information content (AvgIpc) is 2.90. The molecule has 0 aromatic carbocycles. The van der Waals surface area contributed by atoms with E-state index in [1.165, 1.54) is 11.8 Å². The Morgan fingerprint density at radius 3 is 2.91 bits per heavy atom. The van der Waals surface area contributed by atoms with Crippen LogP contribution in [0, 0.1) is 0 Å². The topological polar surface area (TPSA) is 64.4 Å². The fraction of sp³-hybridized carbons (Fsp3) is 0.643. The summed E-state index contributed by atoms with van der Waals surface area (Å²) in [7, 11) is 1.72. The highest BCUT2D eigenvalue weighted by Gasteiger charge is 2.26. The van der Waals surface area contributed by atoms with E-state index < -0.39 is 0 Å². The van der Waals surface area contributed by atoms with E-state index in [2.05, 4.69) is 11.9 Å². The second-order valence-electron chi connectivity index (χ2n) is 5.45. The van der Waals surface area contributed by atoms with E-state index >= 15 is 0 Å². The number of hydrogen-bond acceptors (Lipinski definition) is 6. The van der Waals surface area contributed by atoms with Crippen LogP contribution in [0.1, 0.15) is 12.6 Å². The number of carbonyl (C=O) groups excluding carboxylic acids is 1. The molecule has 1 amide bonds. The summed E-state index contributed by atoms with van der Waals surface area (Å²) in [6, 6.07) is 0. The number of rotatable bonds is 3. The summed E-state index contributed by atoms with van der Waals surface area (Å²) in [5.74, 6) is 0.382. The molecule has 1 fully saturated rings. The lowest BCUT2D eigenvalue weighted by atomic mass is 10.2. The van der Waals surface area contributed by atoms with Gasteiger partial charge in [0.25, 0.3) is 5.56 Å². The zero-order chi connectivity index (χ0) is 15.7. The molecule has 8 heteroatoms. The molecular formula is C14H19N3O3S2. The monoisotopic (exact) mass is 341 g/mol. The highest BCUT2D eigenvalue weighted by Crippen LogP contribution is 2.33. The van der Waals surface area contributed by atoms with E-state index in [1.54, 1.807) is 28.3 Å². The number of carbonyl (C=O) groups is 1. The Bertz CT molecular complexity index is 641. The van der Waals surface area contributed by atoms with Crippen molar-refractivity contribution in [2.24, 2.45) is 7.05 Å². The van der Waals surface area contributed by atoms with Crippen molar-refractivity contribution in [1.82, 2.24) is 14.5 Å². The molecule has 1 saturated heterocycles. The molecule has 0 aliphatic carbocycles. The number of ether oxygens (including phenoxy) is 1. The highest BCUT2D eigenvalue weighted by atomic mass is 32.2. The van der Waals surface area contributed by atoms with Crippen LogP contribution in [0.15, 0.2) is 14.8 Å². The first-order valence-corrected chi connectivity index (χ1v) is 9.17. The fourth-order valence-electron chi connectivity index (χ4n) is 2.54. The molecule has 120 valence electrons. The second-order valence-corrected chi connectivity index (χ2v) is 7.84. The Morgan fingerprint density at radius 1 is 1.45 bits per heavy atom. The average molecular weight is 341 g/mol. The highest BCUT2D eigenvalue weighted by molar-refractivity contribution is 8.00. The van der Waals surface area contributed by atoms with Crippen LogP contribution in [-0.4, -0.2) is 57.7 Å². The lowest BCUT2D eigenvalue weighted by Crippen LogP contribution is -2.41. The Kier molecular flexibility index (Phi) is 4.79. The molecule has 0 radical (unpaired) electrons. The first-order valence-electron chi connectivity index (χ1n) is 7.31. The predicted octanol–water partition coefficient (Wildman–Crippen LogP) is 0.768. The zero-order valence-corrected chi connectivity index (χ0v) is 14.3. The molecule has 22 heavy (non-hydrogen) atoms. The van der Waals surface area contributed by atoms with Crippen LogP contribution in [-0.2, 0) is 23.0 Å². The lowest BCUT2D eigenvalue weighted by Gasteiger charge is -2.26. The first-order chi connectivity index (χ1) is 10.6. The third kappa shape index (κ3) is 3.18. The summed E-state index contributed by atoms with van der Waals surface area (Å²) in [4.78, 5) is 31.7. The molecule has 0 unspecified atom stereocenters. The fourth-order valence-corrected chi connectivity index (χ4v) is 4.57. The van der Waals surface area contributed by atoms with Gasteiger partial charge in [-0.3, -0.25) is 14.2 Å². The van der Waals surface area contributed by atoms with Gasteiger partial charge in [0.15, 0.2) is 5.16 Å². The number of morpholine rings is 1. The molecule has 6 nitrogen and oxygen atoms in total. The van der Waals surface area contributed by atoms with Crippen LogP contribution < -0.4 is 5.56 Å². The Labute approximate surface area is 137 Å². The summed E-state index contributed by atoms with van der Waals surface area (Å²) in [5, 5.41) is 1.02. The smallest absolute Gasteiger partial charge is 0.267 e. The molecule has 0 bridgehead atoms. The van der Waals surface area contributed by atoms with Crippen LogP contribution in [0.25, 0.3) is 0 Å². The van der Waals surface area contributed by atoms with Gasteiger partial charge in [0.05, 0.1) is 29.6 Å². The minimum absolute atomic E-state index is 0.000622. The van der Waals surface area contributed by atoms with Gasteiger partial charge in [0, 0.05) is 31.8 Å². The maximum absolute atomic E-state index is 12.4. The van der Waals surface area contributed by atoms with Crippen molar-refractivity contribution in [3.8, 4) is 0 Å². The quantitative estimate of drug-likeness (QED) is 0.598. The van der Waals surface area contributed by atoms with Crippen LogP contribution in [0.5, 0.6) is 0 Å². The third-order valence-corrected chi connectivity index (χ3v) is 6.00. The van der Waals surface area contributed by atoms with Gasteiger partial charge in [-0.25, -0.2) is 4.98 Å². The summed E-state index contributed by atoms with van der Waals surface area (Å²) in [5.41, 5.74) is 0.877. The number of thioether (sulfide) groups is 2. The Balaban J connectivity index is 1.71. The number of nitrogens with zero attached hydrogens (tertiary/aromatic N) is 3. The van der Waals surface area contributed by atoms with Gasteiger partial charge in [0.1, 0.15) is 0 Å². The maximum Gasteiger partial charge on any atom is 0.267 e. The van der Waals surface area contributed by atoms with Gasteiger partial charge in [-0.15, -0.1) is 11.8 Å². The SMILES string of the molecule is C[C@@H]1Cc2nc(SCC(=O)N3CCOCC3)n(C)c(=O)c2S1. The van der Waals surface area contributed by atoms with E-state index in [9.17, 15) is 9.59 Å². The van der Waals surface area contributed by atoms with E-state index in [1.807, 2.05) is 0 Å². The Hall–Kier alpha value is -0.990. The van der Waals surface area contributed by atoms with Gasteiger partial charge in [-0.2, -0.15) is 0 Å². The van der Waals surface area contributed by atoms with Crippen molar-refractivity contribution in [3.63, 3.8) is 0 Å². The normalized spacial score (nSPS) is 21.0. The lowest BCUT2D eigenvalue weighted by molar-refractivity contribution is -0.132. The van der Waals surface area contributed by atoms with Crippen molar-refractivity contribution in [3.05, 3.63) is 16.0 Å². The summed E-state index contributed by atoms with van der Waals surface area (Å²) >= 11 is 2.93. The summed E-state index contributed by atoms with van der Waals surface area (Å²) in [6.07, 6.45) is 0.820. The molecule has 3 rings (SSSR count). The molecule has 2 aliphatic rings. The summed E-state index contributed by atoms with van der Waals surface area (Å²) in [6.45, 7) is 4.58. The van der Waals surface area contributed by atoms with Gasteiger partial charge in [-0.1, -0.05) is 18.7 Å². The number of aromatic nitrogens is 2.